The lowest BCUT2D eigenvalue weighted by molar-refractivity contribution is -0.355. The third kappa shape index (κ3) is 17.0. The van der Waals surface area contributed by atoms with E-state index in [1.807, 2.05) is 91.0 Å². The molecule has 3 aromatic rings. The minimum absolute atomic E-state index is 0.0637. The van der Waals surface area contributed by atoms with Gasteiger partial charge in [0, 0.05) is 55.8 Å². The van der Waals surface area contributed by atoms with Crippen molar-refractivity contribution in [2.75, 3.05) is 34.0 Å². The van der Waals surface area contributed by atoms with Crippen LogP contribution in [0.4, 0.5) is 0 Å². The van der Waals surface area contributed by atoms with E-state index in [4.69, 9.17) is 61.6 Å². The van der Waals surface area contributed by atoms with E-state index in [9.17, 15) is 28.8 Å². The topological polar surface area (TPSA) is 258 Å². The first kappa shape index (κ1) is 58.3. The molecule has 3 saturated heterocycles. The van der Waals surface area contributed by atoms with E-state index in [2.05, 4.69) is 16.0 Å². The highest BCUT2D eigenvalue weighted by Gasteiger charge is 2.58. The second-order valence-corrected chi connectivity index (χ2v) is 18.2. The number of benzene rings is 3. The van der Waals surface area contributed by atoms with Gasteiger partial charge in [0.2, 0.25) is 17.7 Å². The maximum absolute atomic E-state index is 13.4. The van der Waals surface area contributed by atoms with Crippen molar-refractivity contribution in [1.29, 1.82) is 0 Å². The van der Waals surface area contributed by atoms with Crippen molar-refractivity contribution in [3.8, 4) is 0 Å². The standard InChI is InChI=1S/C53H69N3O19/c1-30(57)54-42-49(69-34(5)61)46(40(71-51(42)64-8)28-66-25-37-20-14-10-15-21-37)74-53-44(56-32(3)59)50(70-35(6)62)47(41(73-53)29-67-26-38-22-16-11-17-23-38)75-52-43(55-31(2)58)48(68-33(4)60)45(63-7)39(72-52)27-65-24-36-18-12-9-13-19-36/h9-23,39-53H,24-29H2,1-8H3,(H,54,57)(H,55,58)(H,56,59)/t39-,40-,41-,42-,43-,44-,45+,46+,47+,48-,49-,50-,51+,52-,53-/m1/s1. The van der Waals surface area contributed by atoms with Crippen LogP contribution >= 0.6 is 0 Å². The van der Waals surface area contributed by atoms with Crippen molar-refractivity contribution >= 4 is 35.6 Å². The Kier molecular flexibility index (Phi) is 22.4. The smallest absolute Gasteiger partial charge is 0.303 e. The van der Waals surface area contributed by atoms with E-state index in [0.29, 0.717) is 0 Å². The van der Waals surface area contributed by atoms with Gasteiger partial charge in [-0.1, -0.05) is 91.0 Å². The summed E-state index contributed by atoms with van der Waals surface area (Å²) in [5.41, 5.74) is 2.49. The molecule has 410 valence electrons. The van der Waals surface area contributed by atoms with Gasteiger partial charge >= 0.3 is 17.9 Å². The van der Waals surface area contributed by atoms with E-state index in [0.717, 1.165) is 23.6 Å². The summed E-state index contributed by atoms with van der Waals surface area (Å²) in [7, 11) is 2.74. The Hall–Kier alpha value is -5.92. The number of hydrogen-bond donors (Lipinski definition) is 3. The van der Waals surface area contributed by atoms with Crippen LogP contribution in [0.2, 0.25) is 0 Å². The molecule has 0 saturated carbocycles. The number of hydrogen-bond acceptors (Lipinski definition) is 19. The van der Waals surface area contributed by atoms with E-state index in [-0.39, 0.29) is 39.6 Å². The first-order valence-electron chi connectivity index (χ1n) is 24.6. The van der Waals surface area contributed by atoms with Crippen LogP contribution in [-0.4, -0.2) is 162 Å². The maximum atomic E-state index is 13.4. The van der Waals surface area contributed by atoms with Crippen LogP contribution in [0.3, 0.4) is 0 Å². The Balaban J connectivity index is 1.43. The van der Waals surface area contributed by atoms with Crippen molar-refractivity contribution in [3.05, 3.63) is 108 Å². The van der Waals surface area contributed by atoms with Crippen LogP contribution in [0.5, 0.6) is 0 Å². The molecule has 0 spiro atoms. The minimum atomic E-state index is -1.62. The SMILES string of the molecule is CO[C@H]1O[C@H](COCc2ccccc2)[C@H](O[C@H]2O[C@H](COCc3ccccc3)[C@H](O[C@H]3O[C@H](COCc4ccccc4)[C@H](OC)[C@H](OC(C)=O)[C@H]3NC(C)=O)[C@H](OC(C)=O)[C@H]2NC(C)=O)[C@H](OC(C)=O)[C@H]1NC(C)=O. The molecule has 15 atom stereocenters. The summed E-state index contributed by atoms with van der Waals surface area (Å²) < 4.78 is 81.8. The average molecular weight is 1050 g/mol. The Morgan fingerprint density at radius 1 is 0.400 bits per heavy atom. The highest BCUT2D eigenvalue weighted by molar-refractivity contribution is 5.74. The van der Waals surface area contributed by atoms with E-state index in [1.165, 1.54) is 48.8 Å². The molecule has 0 unspecified atom stereocenters. The molecule has 3 N–H and O–H groups in total. The van der Waals surface area contributed by atoms with Crippen molar-refractivity contribution in [2.24, 2.45) is 0 Å². The monoisotopic (exact) mass is 1050 g/mol. The van der Waals surface area contributed by atoms with E-state index in [1.54, 1.807) is 0 Å². The molecular formula is C53H69N3O19. The fourth-order valence-electron chi connectivity index (χ4n) is 9.23. The number of methoxy groups -OCH3 is 2. The molecule has 3 heterocycles. The maximum Gasteiger partial charge on any atom is 0.303 e. The van der Waals surface area contributed by atoms with Crippen LogP contribution in [0.15, 0.2) is 91.0 Å². The second-order valence-electron chi connectivity index (χ2n) is 18.2. The van der Waals surface area contributed by atoms with Gasteiger partial charge in [0.15, 0.2) is 37.2 Å². The Morgan fingerprint density at radius 2 is 0.693 bits per heavy atom. The minimum Gasteiger partial charge on any atom is -0.457 e. The van der Waals surface area contributed by atoms with Gasteiger partial charge in [0.1, 0.15) is 54.7 Å². The average Bonchev–Trinajstić information content (AvgIpc) is 3.36. The predicted octanol–water partition coefficient (Wildman–Crippen LogP) is 2.55. The summed E-state index contributed by atoms with van der Waals surface area (Å²) in [4.78, 5) is 78.3. The summed E-state index contributed by atoms with van der Waals surface area (Å²) in [6, 6.07) is 24.0. The molecule has 3 aliphatic heterocycles. The normalized spacial score (nSPS) is 29.5. The Labute approximate surface area is 435 Å². The fourth-order valence-corrected chi connectivity index (χ4v) is 9.23. The van der Waals surface area contributed by atoms with Gasteiger partial charge < -0.3 is 77.5 Å². The zero-order chi connectivity index (χ0) is 54.0. The molecule has 22 heteroatoms. The lowest BCUT2D eigenvalue weighted by Gasteiger charge is -2.51. The molecule has 75 heavy (non-hydrogen) atoms. The Morgan fingerprint density at radius 3 is 0.987 bits per heavy atom. The van der Waals surface area contributed by atoms with Crippen molar-refractivity contribution in [3.63, 3.8) is 0 Å². The molecule has 0 bridgehead atoms. The summed E-state index contributed by atoms with van der Waals surface area (Å²) in [6.07, 6.45) is -15.7. The highest BCUT2D eigenvalue weighted by atomic mass is 16.8. The predicted molar refractivity (Wildman–Crippen MR) is 261 cm³/mol. The zero-order valence-electron chi connectivity index (χ0n) is 43.3. The molecule has 22 nitrogen and oxygen atoms in total. The third-order valence-electron chi connectivity index (χ3n) is 12.2. The summed E-state index contributed by atoms with van der Waals surface area (Å²) in [5, 5.41) is 8.36. The number of nitrogens with one attached hydrogen (secondary N) is 3. The van der Waals surface area contributed by atoms with Crippen molar-refractivity contribution in [2.45, 2.75) is 153 Å². The summed E-state index contributed by atoms with van der Waals surface area (Å²) >= 11 is 0. The molecule has 6 rings (SSSR count). The van der Waals surface area contributed by atoms with Crippen LogP contribution in [0, 0.1) is 0 Å². The molecule has 3 aromatic carbocycles. The molecule has 3 amide bonds. The van der Waals surface area contributed by atoms with Gasteiger partial charge in [-0.2, -0.15) is 0 Å². The number of ether oxygens (including phenoxy) is 13. The van der Waals surface area contributed by atoms with E-state index >= 15 is 0 Å². The van der Waals surface area contributed by atoms with Crippen molar-refractivity contribution < 1.29 is 90.3 Å². The number of carbonyl (C=O) groups is 6. The lowest BCUT2D eigenvalue weighted by atomic mass is 9.93. The highest BCUT2D eigenvalue weighted by Crippen LogP contribution is 2.36. The quantitative estimate of drug-likeness (QED) is 0.0860. The van der Waals surface area contributed by atoms with Gasteiger partial charge in [-0.25, -0.2) is 0 Å². The number of carbonyl (C=O) groups excluding carboxylic acids is 6. The van der Waals surface area contributed by atoms with Gasteiger partial charge in [-0.3, -0.25) is 28.8 Å². The summed E-state index contributed by atoms with van der Waals surface area (Å²) in [5.74, 6) is -3.98. The Bertz CT molecular complexity index is 2300. The van der Waals surface area contributed by atoms with Crippen LogP contribution < -0.4 is 16.0 Å². The molecular weight excluding hydrogens is 983 g/mol. The van der Waals surface area contributed by atoms with Gasteiger partial charge in [0.25, 0.3) is 0 Å². The molecule has 0 aromatic heterocycles. The largest absolute Gasteiger partial charge is 0.457 e. The van der Waals surface area contributed by atoms with E-state index < -0.39 is 128 Å². The van der Waals surface area contributed by atoms with Crippen LogP contribution in [0.1, 0.15) is 58.2 Å². The third-order valence-corrected chi connectivity index (χ3v) is 12.2. The summed E-state index contributed by atoms with van der Waals surface area (Å²) in [6.45, 7) is 7.04. The molecule has 3 fully saturated rings. The van der Waals surface area contributed by atoms with Gasteiger partial charge in [-0.15, -0.1) is 0 Å². The first-order chi connectivity index (χ1) is 36.0. The van der Waals surface area contributed by atoms with Crippen molar-refractivity contribution in [1.82, 2.24) is 16.0 Å². The second kappa shape index (κ2) is 28.8. The zero-order valence-corrected chi connectivity index (χ0v) is 43.3. The molecule has 0 radical (unpaired) electrons. The van der Waals surface area contributed by atoms with Crippen LogP contribution in [-0.2, 0) is 110 Å². The fraction of sp³-hybridized carbons (Fsp3) is 0.547. The van der Waals surface area contributed by atoms with Crippen LogP contribution in [0.25, 0.3) is 0 Å². The number of amides is 3. The first-order valence-corrected chi connectivity index (χ1v) is 24.6. The molecule has 3 aliphatic rings. The molecule has 0 aliphatic carbocycles. The number of rotatable bonds is 24. The lowest BCUT2D eigenvalue weighted by Crippen LogP contribution is -2.72. The number of esters is 3. The van der Waals surface area contributed by atoms with Gasteiger partial charge in [0.05, 0.1) is 39.6 Å². The van der Waals surface area contributed by atoms with Gasteiger partial charge in [-0.05, 0) is 16.7 Å².